The second kappa shape index (κ2) is 8.88. The van der Waals surface area contributed by atoms with Crippen molar-refractivity contribution < 1.29 is 9.90 Å². The Bertz CT molecular complexity index is 1080. The summed E-state index contributed by atoms with van der Waals surface area (Å²) in [4.78, 5) is 21.5. The molecule has 9 heteroatoms. The number of carbonyl (C=O) groups excluding carboxylic acids is 1. The summed E-state index contributed by atoms with van der Waals surface area (Å²) in [6, 6.07) is 8.60. The molecule has 1 aromatic heterocycles. The van der Waals surface area contributed by atoms with Crippen LogP contribution in [-0.4, -0.2) is 31.5 Å². The molecular weight excluding hydrogens is 443 g/mol. The summed E-state index contributed by atoms with van der Waals surface area (Å²) in [5.74, 6) is 0.197. The number of aromatic hydroxyl groups is 1. The van der Waals surface area contributed by atoms with Gasteiger partial charge in [0, 0.05) is 6.04 Å². The molecule has 0 spiro atoms. The lowest BCUT2D eigenvalue weighted by atomic mass is 9.96. The number of thiol groups is 1. The molecule has 0 radical (unpaired) electrons. The van der Waals surface area contributed by atoms with E-state index >= 15 is 0 Å². The number of carbonyl (C=O) groups is 1. The topological polar surface area (TPSA) is 78.3 Å². The Morgan fingerprint density at radius 3 is 2.47 bits per heavy atom. The van der Waals surface area contributed by atoms with Gasteiger partial charge in [0.25, 0.3) is 0 Å². The number of benzene rings is 2. The fourth-order valence-electron chi connectivity index (χ4n) is 3.64. The van der Waals surface area contributed by atoms with Gasteiger partial charge in [0.1, 0.15) is 0 Å². The van der Waals surface area contributed by atoms with Gasteiger partial charge >= 0.3 is 6.03 Å². The number of urea groups is 1. The van der Waals surface area contributed by atoms with E-state index in [1.165, 1.54) is 16.9 Å². The zero-order chi connectivity index (χ0) is 21.3. The van der Waals surface area contributed by atoms with Crippen molar-refractivity contribution in [1.82, 2.24) is 14.3 Å². The van der Waals surface area contributed by atoms with E-state index in [-0.39, 0.29) is 27.9 Å². The summed E-state index contributed by atoms with van der Waals surface area (Å²) in [6.07, 6.45) is 6.87. The van der Waals surface area contributed by atoms with E-state index in [1.54, 1.807) is 12.1 Å². The van der Waals surface area contributed by atoms with E-state index in [9.17, 15) is 9.90 Å². The lowest BCUT2D eigenvalue weighted by molar-refractivity contribution is 0.218. The standard InChI is InChI=1S/C21H20Cl2N4O2S/c22-15-8-13(9-16(23)20(15)28)12-6-7-17-18(10-12)25-19(11-24-17)26-21(29)27(30)14-4-2-1-3-5-14/h6-11,14,28,30H,1-5H2,(H,25,26,29). The van der Waals surface area contributed by atoms with Crippen LogP contribution < -0.4 is 5.32 Å². The van der Waals surface area contributed by atoms with E-state index in [4.69, 9.17) is 23.2 Å². The van der Waals surface area contributed by atoms with Gasteiger partial charge in [-0.15, -0.1) is 0 Å². The van der Waals surface area contributed by atoms with Crippen molar-refractivity contribution in [3.05, 3.63) is 46.6 Å². The number of rotatable bonds is 3. The predicted molar refractivity (Wildman–Crippen MR) is 123 cm³/mol. The molecule has 1 aliphatic carbocycles. The van der Waals surface area contributed by atoms with Crippen molar-refractivity contribution in [2.45, 2.75) is 38.1 Å². The number of halogens is 2. The third-order valence-electron chi connectivity index (χ3n) is 5.26. The molecule has 2 aromatic carbocycles. The number of nitrogens with one attached hydrogen (secondary N) is 1. The van der Waals surface area contributed by atoms with Gasteiger partial charge in [-0.1, -0.05) is 61.3 Å². The van der Waals surface area contributed by atoms with Crippen LogP contribution in [0.25, 0.3) is 22.2 Å². The van der Waals surface area contributed by atoms with Crippen molar-refractivity contribution >= 4 is 58.9 Å². The molecular formula is C21H20Cl2N4O2S. The normalized spacial score (nSPS) is 14.6. The first-order valence-electron chi connectivity index (χ1n) is 9.66. The molecule has 2 N–H and O–H groups in total. The Kier molecular flexibility index (Phi) is 6.22. The largest absolute Gasteiger partial charge is 0.505 e. The SMILES string of the molecule is O=C(Nc1cnc2ccc(-c3cc(Cl)c(O)c(Cl)c3)cc2n1)N(S)C1CCCCC1. The van der Waals surface area contributed by atoms with Gasteiger partial charge in [-0.25, -0.2) is 9.78 Å². The van der Waals surface area contributed by atoms with Gasteiger partial charge in [0.15, 0.2) is 11.6 Å². The van der Waals surface area contributed by atoms with Crippen LogP contribution >= 0.6 is 36.0 Å². The molecule has 30 heavy (non-hydrogen) atoms. The van der Waals surface area contributed by atoms with Crippen LogP contribution in [0.5, 0.6) is 5.75 Å². The number of hydrogen-bond donors (Lipinski definition) is 3. The molecule has 3 aromatic rings. The first-order chi connectivity index (χ1) is 14.4. The average Bonchev–Trinajstić information content (AvgIpc) is 2.76. The molecule has 1 saturated carbocycles. The van der Waals surface area contributed by atoms with Crippen molar-refractivity contribution in [2.24, 2.45) is 0 Å². The monoisotopic (exact) mass is 462 g/mol. The third-order valence-corrected chi connectivity index (χ3v) is 6.34. The van der Waals surface area contributed by atoms with Crippen LogP contribution in [0.2, 0.25) is 10.0 Å². The summed E-state index contributed by atoms with van der Waals surface area (Å²) >= 11 is 16.5. The maximum Gasteiger partial charge on any atom is 0.333 e. The van der Waals surface area contributed by atoms with Crippen LogP contribution in [0.4, 0.5) is 10.6 Å². The van der Waals surface area contributed by atoms with Gasteiger partial charge in [0.2, 0.25) is 0 Å². The minimum Gasteiger partial charge on any atom is -0.505 e. The van der Waals surface area contributed by atoms with Crippen LogP contribution in [0.15, 0.2) is 36.5 Å². The van der Waals surface area contributed by atoms with Gasteiger partial charge in [-0.3, -0.25) is 14.6 Å². The Morgan fingerprint density at radius 2 is 1.77 bits per heavy atom. The van der Waals surface area contributed by atoms with Gasteiger partial charge in [-0.2, -0.15) is 0 Å². The summed E-state index contributed by atoms with van der Waals surface area (Å²) in [6.45, 7) is 0. The molecule has 0 saturated heterocycles. The van der Waals surface area contributed by atoms with E-state index < -0.39 is 0 Å². The molecule has 4 rings (SSSR count). The molecule has 2 amide bonds. The number of phenolic OH excluding ortho intramolecular Hbond substituents is 1. The maximum atomic E-state index is 12.6. The Hall–Kier alpha value is -2.22. The highest BCUT2D eigenvalue weighted by atomic mass is 35.5. The second-order valence-electron chi connectivity index (χ2n) is 7.31. The first-order valence-corrected chi connectivity index (χ1v) is 10.8. The number of hydrogen-bond acceptors (Lipinski definition) is 5. The Balaban J connectivity index is 1.58. The van der Waals surface area contributed by atoms with Crippen molar-refractivity contribution in [3.63, 3.8) is 0 Å². The lowest BCUT2D eigenvalue weighted by Gasteiger charge is -2.29. The second-order valence-corrected chi connectivity index (χ2v) is 8.56. The number of phenols is 1. The fourth-order valence-corrected chi connectivity index (χ4v) is 4.41. The molecule has 1 fully saturated rings. The number of fused-ring (bicyclic) bond motifs is 1. The van der Waals surface area contributed by atoms with Crippen molar-refractivity contribution in [2.75, 3.05) is 5.32 Å². The predicted octanol–water partition coefficient (Wildman–Crippen LogP) is 6.32. The van der Waals surface area contributed by atoms with E-state index in [1.807, 2.05) is 18.2 Å². The number of nitrogens with zero attached hydrogens (tertiary/aromatic N) is 3. The minimum atomic E-state index is -0.313. The molecule has 6 nitrogen and oxygen atoms in total. The summed E-state index contributed by atoms with van der Waals surface area (Å²) in [5, 5.41) is 12.9. The van der Waals surface area contributed by atoms with E-state index in [0.717, 1.165) is 36.8 Å². The molecule has 0 atom stereocenters. The highest BCUT2D eigenvalue weighted by Crippen LogP contribution is 2.37. The number of aromatic nitrogens is 2. The summed E-state index contributed by atoms with van der Waals surface area (Å²) in [5.41, 5.74) is 2.83. The van der Waals surface area contributed by atoms with Crippen molar-refractivity contribution in [3.8, 4) is 16.9 Å². The Labute approximate surface area is 189 Å². The maximum absolute atomic E-state index is 12.6. The molecule has 0 bridgehead atoms. The van der Waals surface area contributed by atoms with Crippen molar-refractivity contribution in [1.29, 1.82) is 0 Å². The number of amides is 2. The molecule has 1 heterocycles. The van der Waals surface area contributed by atoms with E-state index in [2.05, 4.69) is 28.1 Å². The van der Waals surface area contributed by atoms with E-state index in [0.29, 0.717) is 16.9 Å². The average molecular weight is 463 g/mol. The smallest absolute Gasteiger partial charge is 0.333 e. The fraction of sp³-hybridized carbons (Fsp3) is 0.286. The Morgan fingerprint density at radius 1 is 1.07 bits per heavy atom. The zero-order valence-electron chi connectivity index (χ0n) is 16.0. The van der Waals surface area contributed by atoms with Crippen LogP contribution in [0, 0.1) is 0 Å². The minimum absolute atomic E-state index is 0.131. The lowest BCUT2D eigenvalue weighted by Crippen LogP contribution is -2.37. The van der Waals surface area contributed by atoms with Crippen LogP contribution in [-0.2, 0) is 0 Å². The van der Waals surface area contributed by atoms with Gasteiger partial charge in [-0.05, 0) is 48.2 Å². The summed E-state index contributed by atoms with van der Waals surface area (Å²) in [7, 11) is 0. The van der Waals surface area contributed by atoms with Crippen LogP contribution in [0.3, 0.4) is 0 Å². The molecule has 0 aliphatic heterocycles. The van der Waals surface area contributed by atoms with Gasteiger partial charge < -0.3 is 5.11 Å². The first kappa shape index (κ1) is 21.0. The quantitative estimate of drug-likeness (QED) is 0.397. The third kappa shape index (κ3) is 4.43. The number of anilines is 1. The highest BCUT2D eigenvalue weighted by Gasteiger charge is 2.23. The highest BCUT2D eigenvalue weighted by molar-refractivity contribution is 7.78. The summed E-state index contributed by atoms with van der Waals surface area (Å²) < 4.78 is 1.46. The zero-order valence-corrected chi connectivity index (χ0v) is 18.4. The molecule has 0 unspecified atom stereocenters. The van der Waals surface area contributed by atoms with Gasteiger partial charge in [0.05, 0.1) is 27.3 Å². The molecule has 156 valence electrons. The van der Waals surface area contributed by atoms with Crippen LogP contribution in [0.1, 0.15) is 32.1 Å². The molecule has 1 aliphatic rings.